The van der Waals surface area contributed by atoms with Gasteiger partial charge >= 0.3 is 11.9 Å². The van der Waals surface area contributed by atoms with Crippen molar-refractivity contribution in [2.45, 2.75) is 12.8 Å². The van der Waals surface area contributed by atoms with Gasteiger partial charge in [0.15, 0.2) is 0 Å². The van der Waals surface area contributed by atoms with Crippen molar-refractivity contribution in [3.63, 3.8) is 0 Å². The van der Waals surface area contributed by atoms with Crippen LogP contribution < -0.4 is 4.74 Å². The van der Waals surface area contributed by atoms with Crippen LogP contribution in [0.2, 0.25) is 0 Å². The maximum Gasteiger partial charge on any atom is 0.328 e. The topological polar surface area (TPSA) is 83.8 Å². The highest BCUT2D eigenvalue weighted by molar-refractivity contribution is 5.85. The molecule has 5 heteroatoms. The summed E-state index contributed by atoms with van der Waals surface area (Å²) in [6, 6.07) is 13.3. The molecular formula is C18H16O5. The van der Waals surface area contributed by atoms with E-state index < -0.39 is 11.9 Å². The van der Waals surface area contributed by atoms with Gasteiger partial charge in [-0.2, -0.15) is 0 Å². The number of phenols is 1. The molecule has 0 saturated carbocycles. The van der Waals surface area contributed by atoms with Crippen molar-refractivity contribution in [2.75, 3.05) is 0 Å². The number of esters is 1. The quantitative estimate of drug-likeness (QED) is 0.486. The molecule has 0 atom stereocenters. The molecule has 23 heavy (non-hydrogen) atoms. The van der Waals surface area contributed by atoms with Crippen molar-refractivity contribution >= 4 is 18.0 Å². The minimum Gasteiger partial charge on any atom is -0.508 e. The van der Waals surface area contributed by atoms with Crippen LogP contribution >= 0.6 is 0 Å². The van der Waals surface area contributed by atoms with Gasteiger partial charge in [-0.15, -0.1) is 0 Å². The Morgan fingerprint density at radius 2 is 1.87 bits per heavy atom. The second-order valence-corrected chi connectivity index (χ2v) is 4.89. The Bertz CT molecular complexity index is 734. The highest BCUT2D eigenvalue weighted by Crippen LogP contribution is 2.16. The van der Waals surface area contributed by atoms with Crippen LogP contribution in [0.15, 0.2) is 54.6 Å². The Hall–Kier alpha value is -3.08. The molecule has 0 spiro atoms. The summed E-state index contributed by atoms with van der Waals surface area (Å²) in [5, 5.41) is 18.0. The summed E-state index contributed by atoms with van der Waals surface area (Å²) in [5.74, 6) is -0.918. The van der Waals surface area contributed by atoms with Gasteiger partial charge in [-0.05, 0) is 47.9 Å². The molecule has 0 aliphatic rings. The number of carbonyl (C=O) groups is 2. The SMILES string of the molecule is O=C(O)/C=C/c1cccc(OC(=O)CCc2cccc(O)c2)c1. The Labute approximate surface area is 133 Å². The predicted molar refractivity (Wildman–Crippen MR) is 85.2 cm³/mol. The number of aliphatic carboxylic acids is 1. The first kappa shape index (κ1) is 16.3. The normalized spacial score (nSPS) is 10.6. The first-order valence-corrected chi connectivity index (χ1v) is 7.02. The molecule has 5 nitrogen and oxygen atoms in total. The van der Waals surface area contributed by atoms with Crippen molar-refractivity contribution in [1.82, 2.24) is 0 Å². The average Bonchev–Trinajstić information content (AvgIpc) is 2.51. The Morgan fingerprint density at radius 3 is 2.61 bits per heavy atom. The number of carboxylic acid groups (broad SMARTS) is 1. The van der Waals surface area contributed by atoms with Crippen LogP contribution in [-0.2, 0) is 16.0 Å². The second kappa shape index (κ2) is 7.79. The Morgan fingerprint density at radius 1 is 1.09 bits per heavy atom. The molecule has 2 aromatic carbocycles. The predicted octanol–water partition coefficient (Wildman–Crippen LogP) is 3.03. The number of aryl methyl sites for hydroxylation is 1. The van der Waals surface area contributed by atoms with E-state index in [0.29, 0.717) is 17.7 Å². The Balaban J connectivity index is 1.92. The smallest absolute Gasteiger partial charge is 0.328 e. The number of phenolic OH excluding ortho intramolecular Hbond substituents is 1. The van der Waals surface area contributed by atoms with Crippen molar-refractivity contribution in [3.8, 4) is 11.5 Å². The summed E-state index contributed by atoms with van der Waals surface area (Å²) >= 11 is 0. The molecule has 2 aromatic rings. The molecule has 2 rings (SSSR count). The van der Waals surface area contributed by atoms with E-state index in [1.165, 1.54) is 6.08 Å². The third kappa shape index (κ3) is 5.67. The van der Waals surface area contributed by atoms with Crippen LogP contribution in [0.25, 0.3) is 6.08 Å². The molecular weight excluding hydrogens is 296 g/mol. The number of rotatable bonds is 6. The lowest BCUT2D eigenvalue weighted by Crippen LogP contribution is -2.09. The first-order chi connectivity index (χ1) is 11.0. The monoisotopic (exact) mass is 312 g/mol. The van der Waals surface area contributed by atoms with Gasteiger partial charge in [-0.3, -0.25) is 4.79 Å². The molecule has 0 aliphatic heterocycles. The molecule has 0 aliphatic carbocycles. The van der Waals surface area contributed by atoms with Gasteiger partial charge in [0.25, 0.3) is 0 Å². The van der Waals surface area contributed by atoms with Gasteiger partial charge in [0, 0.05) is 12.5 Å². The third-order valence-corrected chi connectivity index (χ3v) is 3.04. The summed E-state index contributed by atoms with van der Waals surface area (Å²) in [6.07, 6.45) is 3.08. The van der Waals surface area contributed by atoms with Gasteiger partial charge in [0.05, 0.1) is 0 Å². The summed E-state index contributed by atoms with van der Waals surface area (Å²) < 4.78 is 5.23. The molecule has 2 N–H and O–H groups in total. The van der Waals surface area contributed by atoms with Crippen molar-refractivity contribution in [3.05, 3.63) is 65.7 Å². The standard InChI is InChI=1S/C18H16O5/c19-15-5-1-3-13(11-15)8-10-18(22)23-16-6-2-4-14(12-16)7-9-17(20)21/h1-7,9,11-12,19H,8,10H2,(H,20,21)/b9-7+. The first-order valence-electron chi connectivity index (χ1n) is 7.02. The number of hydrogen-bond acceptors (Lipinski definition) is 4. The number of carboxylic acids is 1. The van der Waals surface area contributed by atoms with E-state index in [0.717, 1.165) is 11.6 Å². The van der Waals surface area contributed by atoms with Crippen LogP contribution in [0, 0.1) is 0 Å². The average molecular weight is 312 g/mol. The van der Waals surface area contributed by atoms with E-state index in [-0.39, 0.29) is 12.2 Å². The molecule has 0 unspecified atom stereocenters. The van der Waals surface area contributed by atoms with Crippen LogP contribution in [0.1, 0.15) is 17.5 Å². The second-order valence-electron chi connectivity index (χ2n) is 4.89. The van der Waals surface area contributed by atoms with E-state index in [1.807, 2.05) is 6.07 Å². The van der Waals surface area contributed by atoms with Gasteiger partial charge in [-0.25, -0.2) is 4.79 Å². The van der Waals surface area contributed by atoms with Crippen LogP contribution in [0.5, 0.6) is 11.5 Å². The van der Waals surface area contributed by atoms with E-state index in [2.05, 4.69) is 0 Å². The number of aromatic hydroxyl groups is 1. The summed E-state index contributed by atoms with van der Waals surface area (Å²) in [6.45, 7) is 0. The van der Waals surface area contributed by atoms with Crippen molar-refractivity contribution in [2.24, 2.45) is 0 Å². The molecule has 0 aromatic heterocycles. The number of ether oxygens (including phenoxy) is 1. The van der Waals surface area contributed by atoms with E-state index in [9.17, 15) is 14.7 Å². The zero-order chi connectivity index (χ0) is 16.7. The molecule has 118 valence electrons. The highest BCUT2D eigenvalue weighted by Gasteiger charge is 2.06. The minimum absolute atomic E-state index is 0.161. The third-order valence-electron chi connectivity index (χ3n) is 3.04. The zero-order valence-electron chi connectivity index (χ0n) is 12.3. The largest absolute Gasteiger partial charge is 0.508 e. The number of hydrogen-bond donors (Lipinski definition) is 2. The summed E-state index contributed by atoms with van der Waals surface area (Å²) in [5.41, 5.74) is 1.48. The summed E-state index contributed by atoms with van der Waals surface area (Å²) in [7, 11) is 0. The molecule has 0 bridgehead atoms. The van der Waals surface area contributed by atoms with Gasteiger partial charge in [0.1, 0.15) is 11.5 Å². The van der Waals surface area contributed by atoms with Gasteiger partial charge < -0.3 is 14.9 Å². The van der Waals surface area contributed by atoms with E-state index in [1.54, 1.807) is 42.5 Å². The summed E-state index contributed by atoms with van der Waals surface area (Å²) in [4.78, 5) is 22.3. The Kier molecular flexibility index (Phi) is 5.52. The molecule has 0 heterocycles. The van der Waals surface area contributed by atoms with Crippen LogP contribution in [0.3, 0.4) is 0 Å². The minimum atomic E-state index is -1.04. The maximum atomic E-state index is 11.9. The fourth-order valence-electron chi connectivity index (χ4n) is 1.99. The highest BCUT2D eigenvalue weighted by atomic mass is 16.5. The number of carbonyl (C=O) groups excluding carboxylic acids is 1. The fourth-order valence-corrected chi connectivity index (χ4v) is 1.99. The fraction of sp³-hybridized carbons (Fsp3) is 0.111. The van der Waals surface area contributed by atoms with Crippen molar-refractivity contribution < 1.29 is 24.5 Å². The lowest BCUT2D eigenvalue weighted by molar-refractivity contribution is -0.134. The lowest BCUT2D eigenvalue weighted by Gasteiger charge is -2.05. The molecule has 0 amide bonds. The van der Waals surface area contributed by atoms with Gasteiger partial charge in [-0.1, -0.05) is 24.3 Å². The number of benzene rings is 2. The van der Waals surface area contributed by atoms with Crippen molar-refractivity contribution in [1.29, 1.82) is 0 Å². The van der Waals surface area contributed by atoms with Crippen LogP contribution in [-0.4, -0.2) is 22.2 Å². The maximum absolute atomic E-state index is 11.9. The zero-order valence-corrected chi connectivity index (χ0v) is 12.3. The molecule has 0 fully saturated rings. The van der Waals surface area contributed by atoms with E-state index in [4.69, 9.17) is 9.84 Å². The van der Waals surface area contributed by atoms with E-state index >= 15 is 0 Å². The van der Waals surface area contributed by atoms with Gasteiger partial charge in [0.2, 0.25) is 0 Å². The van der Waals surface area contributed by atoms with Crippen LogP contribution in [0.4, 0.5) is 0 Å². The molecule has 0 saturated heterocycles. The lowest BCUT2D eigenvalue weighted by atomic mass is 10.1. The molecule has 0 radical (unpaired) electrons.